The number of rotatable bonds is 9. The molecule has 10 heteroatoms. The van der Waals surface area contributed by atoms with Gasteiger partial charge in [0.05, 0.1) is 29.3 Å². The molecule has 0 amide bonds. The van der Waals surface area contributed by atoms with Crippen LogP contribution in [-0.2, 0) is 39.8 Å². The number of fused-ring (bicyclic) bond motifs is 2. The smallest absolute Gasteiger partial charge is 0.339 e. The molecule has 8 rings (SSSR count). The number of carbonyl (C=O) groups excluding carboxylic acids is 3. The molecule has 2 N–H and O–H groups in total. The molecule has 4 saturated heterocycles. The highest BCUT2D eigenvalue weighted by atomic mass is 16.7. The first-order chi connectivity index (χ1) is 22.9. The Labute approximate surface area is 282 Å². The molecule has 5 heterocycles. The second kappa shape index (κ2) is 10.9. The zero-order valence-electron chi connectivity index (χ0n) is 28.9. The van der Waals surface area contributed by atoms with E-state index < -0.39 is 69.2 Å². The third-order valence-electron chi connectivity index (χ3n) is 14.6. The summed E-state index contributed by atoms with van der Waals surface area (Å²) in [4.78, 5) is 42.2. The van der Waals surface area contributed by atoms with Gasteiger partial charge in [0.2, 0.25) is 0 Å². The maximum absolute atomic E-state index is 14.8. The third kappa shape index (κ3) is 3.87. The Kier molecular flexibility index (Phi) is 7.45. The fraction of sp³-hybridized carbons (Fsp3) is 0.816. The van der Waals surface area contributed by atoms with Gasteiger partial charge >= 0.3 is 11.9 Å². The Bertz CT molecular complexity index is 1490. The lowest BCUT2D eigenvalue weighted by Gasteiger charge is -2.67. The van der Waals surface area contributed by atoms with Crippen molar-refractivity contribution in [1.29, 1.82) is 0 Å². The summed E-state index contributed by atoms with van der Waals surface area (Å²) in [5.41, 5.74) is -4.85. The number of ketones is 1. The van der Waals surface area contributed by atoms with Crippen LogP contribution in [0.2, 0.25) is 0 Å². The molecule has 10 nitrogen and oxygen atoms in total. The van der Waals surface area contributed by atoms with Crippen LogP contribution >= 0.6 is 0 Å². The molecule has 1 aromatic heterocycles. The zero-order valence-corrected chi connectivity index (χ0v) is 28.9. The SMILES string of the molecule is CC1(C)O[C@H]2C3(CCCC3)C(=O)OC[C@@]23[C@@H]1C(=O)[C@@H](O)[C@]1(C)[C@@H]3CC[C@@]2(C)[C@H](c3ccoc3CCCCCCCCO)OC(=O)[C@H]3O[C@@]312. The van der Waals surface area contributed by atoms with Crippen LogP contribution in [0.3, 0.4) is 0 Å². The normalized spacial score (nSPS) is 44.7. The van der Waals surface area contributed by atoms with Crippen molar-refractivity contribution in [3.8, 4) is 0 Å². The molecular weight excluding hydrogens is 616 g/mol. The summed E-state index contributed by atoms with van der Waals surface area (Å²) in [6.45, 7) is 8.17. The Hall–Kier alpha value is -2.27. The molecular formula is C38H52O10. The minimum atomic E-state index is -1.40. The number of hydrogen-bond acceptors (Lipinski definition) is 10. The van der Waals surface area contributed by atoms with Crippen molar-refractivity contribution in [1.82, 2.24) is 0 Å². The molecule has 7 fully saturated rings. The van der Waals surface area contributed by atoms with Crippen LogP contribution in [0.4, 0.5) is 0 Å². The Balaban J connectivity index is 1.17. The summed E-state index contributed by atoms with van der Waals surface area (Å²) in [6, 6.07) is 1.90. The number of unbranched alkanes of at least 4 members (excludes halogenated alkanes) is 5. The summed E-state index contributed by atoms with van der Waals surface area (Å²) in [6.07, 6.45) is 9.19. The highest BCUT2D eigenvalue weighted by molar-refractivity contribution is 5.92. The van der Waals surface area contributed by atoms with Crippen molar-refractivity contribution in [2.24, 2.45) is 33.5 Å². The first-order valence-corrected chi connectivity index (χ1v) is 18.5. The molecule has 3 aliphatic carbocycles. The van der Waals surface area contributed by atoms with E-state index in [4.69, 9.17) is 28.5 Å². The summed E-state index contributed by atoms with van der Waals surface area (Å²) < 4.78 is 32.0. The second-order valence-electron chi connectivity index (χ2n) is 17.1. The molecule has 0 unspecified atom stereocenters. The van der Waals surface area contributed by atoms with Gasteiger partial charge in [-0.2, -0.15) is 0 Å². The van der Waals surface area contributed by atoms with Crippen LogP contribution in [-0.4, -0.2) is 70.7 Å². The van der Waals surface area contributed by atoms with E-state index in [1.807, 2.05) is 26.8 Å². The van der Waals surface area contributed by atoms with Gasteiger partial charge in [-0.15, -0.1) is 0 Å². The number of aliphatic hydroxyl groups excluding tert-OH is 2. The minimum absolute atomic E-state index is 0.0578. The fourth-order valence-corrected chi connectivity index (χ4v) is 12.7. The number of ether oxygens (including phenoxy) is 4. The molecule has 3 saturated carbocycles. The van der Waals surface area contributed by atoms with Crippen molar-refractivity contribution < 1.29 is 48.0 Å². The van der Waals surface area contributed by atoms with E-state index in [0.717, 1.165) is 62.7 Å². The summed E-state index contributed by atoms with van der Waals surface area (Å²) in [5, 5.41) is 21.4. The van der Waals surface area contributed by atoms with Crippen LogP contribution in [0.5, 0.6) is 0 Å². The van der Waals surface area contributed by atoms with E-state index >= 15 is 0 Å². The highest BCUT2D eigenvalue weighted by Gasteiger charge is 2.91. The molecule has 0 radical (unpaired) electrons. The number of carbonyl (C=O) groups is 3. The van der Waals surface area contributed by atoms with Crippen LogP contribution < -0.4 is 0 Å². The first-order valence-electron chi connectivity index (χ1n) is 18.5. The number of furan rings is 1. The molecule has 10 atom stereocenters. The Morgan fingerprint density at radius 3 is 2.33 bits per heavy atom. The van der Waals surface area contributed by atoms with Gasteiger partial charge in [0.15, 0.2) is 11.9 Å². The highest BCUT2D eigenvalue weighted by Crippen LogP contribution is 2.81. The van der Waals surface area contributed by atoms with Crippen LogP contribution in [0.25, 0.3) is 0 Å². The van der Waals surface area contributed by atoms with Crippen LogP contribution in [0, 0.1) is 33.5 Å². The number of hydrogen-bond donors (Lipinski definition) is 2. The van der Waals surface area contributed by atoms with Gasteiger partial charge in [-0.3, -0.25) is 9.59 Å². The molecule has 264 valence electrons. The van der Waals surface area contributed by atoms with Gasteiger partial charge in [-0.05, 0) is 64.4 Å². The quantitative estimate of drug-likeness (QED) is 0.206. The number of esters is 2. The second-order valence-corrected chi connectivity index (χ2v) is 17.1. The van der Waals surface area contributed by atoms with Crippen molar-refractivity contribution >= 4 is 17.7 Å². The Morgan fingerprint density at radius 2 is 1.60 bits per heavy atom. The number of cyclic esters (lactones) is 2. The third-order valence-corrected chi connectivity index (χ3v) is 14.6. The average molecular weight is 669 g/mol. The summed E-state index contributed by atoms with van der Waals surface area (Å²) in [5.74, 6) is -1.19. The fourth-order valence-electron chi connectivity index (χ4n) is 12.7. The van der Waals surface area contributed by atoms with Gasteiger partial charge in [0, 0.05) is 34.8 Å². The largest absolute Gasteiger partial charge is 0.469 e. The summed E-state index contributed by atoms with van der Waals surface area (Å²) >= 11 is 0. The van der Waals surface area contributed by atoms with Crippen molar-refractivity contribution in [3.63, 3.8) is 0 Å². The molecule has 3 spiro atoms. The van der Waals surface area contributed by atoms with E-state index in [9.17, 15) is 19.5 Å². The predicted octanol–water partition coefficient (Wildman–Crippen LogP) is 5.15. The van der Waals surface area contributed by atoms with Crippen molar-refractivity contribution in [2.45, 2.75) is 147 Å². The molecule has 0 aromatic carbocycles. The first kappa shape index (κ1) is 32.9. The molecule has 1 aromatic rings. The summed E-state index contributed by atoms with van der Waals surface area (Å²) in [7, 11) is 0. The number of aliphatic hydroxyl groups is 2. The molecule has 0 bridgehead atoms. The van der Waals surface area contributed by atoms with Gasteiger partial charge in [0.25, 0.3) is 0 Å². The average Bonchev–Trinajstić information content (AvgIpc) is 3.30. The standard InChI is InChI=1S/C38H52O10/c1-33(2)26-25(40)27(41)35(4)24(37(26)21-45-32(43)36(31(37)48-33)16-10-11-17-36)14-18-34(3)28(46-30(42)29-38(34,35)47-29)22-15-20-44-23(22)13-9-7-5-6-8-12-19-39/h15,20,24,26-29,31,39,41H,5-14,16-19,21H2,1-4H3/t24-,26+,27+,28-,29+,31-,34-,35-,37+,38+/m0/s1. The lowest BCUT2D eigenvalue weighted by Crippen LogP contribution is -2.77. The zero-order chi connectivity index (χ0) is 33.9. The maximum Gasteiger partial charge on any atom is 0.339 e. The number of Topliss-reactive ketones (excluding diaryl/α,β-unsaturated/α-hetero) is 1. The van der Waals surface area contributed by atoms with Gasteiger partial charge in [-0.25, -0.2) is 4.79 Å². The van der Waals surface area contributed by atoms with Gasteiger partial charge in [0.1, 0.15) is 30.2 Å². The molecule has 4 aliphatic heterocycles. The predicted molar refractivity (Wildman–Crippen MR) is 170 cm³/mol. The van der Waals surface area contributed by atoms with Crippen LogP contribution in [0.1, 0.15) is 122 Å². The van der Waals surface area contributed by atoms with E-state index in [0.29, 0.717) is 32.1 Å². The molecule has 7 aliphatic rings. The van der Waals surface area contributed by atoms with Crippen LogP contribution in [0.15, 0.2) is 16.7 Å². The van der Waals surface area contributed by atoms with E-state index in [2.05, 4.69) is 6.92 Å². The molecule has 48 heavy (non-hydrogen) atoms. The maximum atomic E-state index is 14.8. The van der Waals surface area contributed by atoms with E-state index in [1.54, 1.807) is 6.26 Å². The Morgan fingerprint density at radius 1 is 0.896 bits per heavy atom. The minimum Gasteiger partial charge on any atom is -0.469 e. The van der Waals surface area contributed by atoms with Crippen molar-refractivity contribution in [2.75, 3.05) is 13.2 Å². The number of aryl methyl sites for hydroxylation is 1. The lowest BCUT2D eigenvalue weighted by molar-refractivity contribution is -0.264. The van der Waals surface area contributed by atoms with Gasteiger partial charge < -0.3 is 33.6 Å². The van der Waals surface area contributed by atoms with Gasteiger partial charge in [-0.1, -0.05) is 52.4 Å². The van der Waals surface area contributed by atoms with E-state index in [1.165, 1.54) is 0 Å². The number of epoxide rings is 1. The topological polar surface area (TPSA) is 145 Å². The van der Waals surface area contributed by atoms with Crippen molar-refractivity contribution in [3.05, 3.63) is 23.7 Å². The monoisotopic (exact) mass is 668 g/mol. The van der Waals surface area contributed by atoms with E-state index in [-0.39, 0.29) is 30.9 Å². The lowest BCUT2D eigenvalue weighted by atomic mass is 9.35.